The summed E-state index contributed by atoms with van der Waals surface area (Å²) in [5, 5.41) is 0. The molecule has 0 N–H and O–H groups in total. The van der Waals surface area contributed by atoms with Gasteiger partial charge in [0.15, 0.2) is 0 Å². The van der Waals surface area contributed by atoms with Gasteiger partial charge in [0.1, 0.15) is 5.75 Å². The smallest absolute Gasteiger partial charge is 0.333 e. The van der Waals surface area contributed by atoms with Crippen molar-refractivity contribution in [2.45, 2.75) is 39.5 Å². The zero-order chi connectivity index (χ0) is 14.5. The third kappa shape index (κ3) is 3.41. The standard InChI is InChI=1S/C17H22O3/c1-4-20-17(18)16-7-5-6-14(16)10-13-8-12(2)9-15(11-13)19-3/h8-9,11H,4-7,10H2,1-3H3. The van der Waals surface area contributed by atoms with E-state index in [0.29, 0.717) is 6.61 Å². The number of esters is 1. The first-order chi connectivity index (χ1) is 9.63. The van der Waals surface area contributed by atoms with Crippen molar-refractivity contribution < 1.29 is 14.3 Å². The minimum absolute atomic E-state index is 0.139. The van der Waals surface area contributed by atoms with E-state index < -0.39 is 0 Å². The molecule has 0 heterocycles. The van der Waals surface area contributed by atoms with Crippen LogP contribution >= 0.6 is 0 Å². The minimum Gasteiger partial charge on any atom is -0.497 e. The van der Waals surface area contributed by atoms with Crippen LogP contribution in [0.3, 0.4) is 0 Å². The lowest BCUT2D eigenvalue weighted by atomic mass is 10.00. The van der Waals surface area contributed by atoms with Crippen LogP contribution in [0.5, 0.6) is 5.75 Å². The first-order valence-corrected chi connectivity index (χ1v) is 7.16. The molecule has 0 radical (unpaired) electrons. The first-order valence-electron chi connectivity index (χ1n) is 7.16. The molecule has 3 heteroatoms. The van der Waals surface area contributed by atoms with Crippen molar-refractivity contribution in [2.24, 2.45) is 0 Å². The lowest BCUT2D eigenvalue weighted by Crippen LogP contribution is -2.08. The lowest BCUT2D eigenvalue weighted by molar-refractivity contribution is -0.138. The number of benzene rings is 1. The molecule has 0 bridgehead atoms. The van der Waals surface area contributed by atoms with E-state index in [0.717, 1.165) is 37.0 Å². The topological polar surface area (TPSA) is 35.5 Å². The monoisotopic (exact) mass is 274 g/mol. The third-order valence-corrected chi connectivity index (χ3v) is 3.62. The molecule has 108 valence electrons. The molecule has 0 aliphatic heterocycles. The molecule has 1 aromatic rings. The first kappa shape index (κ1) is 14.6. The molecule has 2 rings (SSSR count). The van der Waals surface area contributed by atoms with Crippen LogP contribution in [0.25, 0.3) is 0 Å². The van der Waals surface area contributed by atoms with E-state index in [-0.39, 0.29) is 5.97 Å². The zero-order valence-corrected chi connectivity index (χ0v) is 12.5. The van der Waals surface area contributed by atoms with Crippen LogP contribution in [0.1, 0.15) is 37.3 Å². The van der Waals surface area contributed by atoms with Gasteiger partial charge in [-0.15, -0.1) is 0 Å². The van der Waals surface area contributed by atoms with Crippen molar-refractivity contribution in [3.63, 3.8) is 0 Å². The van der Waals surface area contributed by atoms with Gasteiger partial charge in [-0.05, 0) is 62.8 Å². The van der Waals surface area contributed by atoms with Gasteiger partial charge < -0.3 is 9.47 Å². The van der Waals surface area contributed by atoms with Crippen molar-refractivity contribution in [3.8, 4) is 5.75 Å². The zero-order valence-electron chi connectivity index (χ0n) is 12.5. The summed E-state index contributed by atoms with van der Waals surface area (Å²) in [7, 11) is 1.68. The van der Waals surface area contributed by atoms with E-state index >= 15 is 0 Å². The van der Waals surface area contributed by atoms with Gasteiger partial charge in [-0.25, -0.2) is 4.79 Å². The summed E-state index contributed by atoms with van der Waals surface area (Å²) in [5.74, 6) is 0.732. The summed E-state index contributed by atoms with van der Waals surface area (Å²) >= 11 is 0. The van der Waals surface area contributed by atoms with Crippen LogP contribution < -0.4 is 4.74 Å². The van der Waals surface area contributed by atoms with Gasteiger partial charge in [0.2, 0.25) is 0 Å². The number of ether oxygens (including phenoxy) is 2. The van der Waals surface area contributed by atoms with E-state index in [1.807, 2.05) is 19.1 Å². The fraction of sp³-hybridized carbons (Fsp3) is 0.471. The fourth-order valence-corrected chi connectivity index (χ4v) is 2.76. The second-order valence-electron chi connectivity index (χ2n) is 5.19. The molecule has 0 atom stereocenters. The maximum absolute atomic E-state index is 11.9. The Morgan fingerprint density at radius 3 is 2.75 bits per heavy atom. The molecule has 0 spiro atoms. The Hall–Kier alpha value is -1.77. The molecule has 1 aliphatic rings. The van der Waals surface area contributed by atoms with Crippen LogP contribution in [0.2, 0.25) is 0 Å². The highest BCUT2D eigenvalue weighted by molar-refractivity contribution is 5.90. The predicted molar refractivity (Wildman–Crippen MR) is 78.9 cm³/mol. The van der Waals surface area contributed by atoms with Crippen LogP contribution in [-0.2, 0) is 16.0 Å². The Kier molecular flexibility index (Phi) is 4.83. The van der Waals surface area contributed by atoms with Crippen LogP contribution in [0.15, 0.2) is 29.3 Å². The molecule has 0 saturated carbocycles. The van der Waals surface area contributed by atoms with Gasteiger partial charge in [0.25, 0.3) is 0 Å². The fourth-order valence-electron chi connectivity index (χ4n) is 2.76. The number of rotatable bonds is 5. The summed E-state index contributed by atoms with van der Waals surface area (Å²) in [6, 6.07) is 6.20. The van der Waals surface area contributed by atoms with Crippen molar-refractivity contribution in [3.05, 3.63) is 40.5 Å². The van der Waals surface area contributed by atoms with Crippen LogP contribution in [0, 0.1) is 6.92 Å². The highest BCUT2D eigenvalue weighted by Crippen LogP contribution is 2.30. The number of carbonyl (C=O) groups is 1. The van der Waals surface area contributed by atoms with Crippen molar-refractivity contribution in [2.75, 3.05) is 13.7 Å². The molecular formula is C17H22O3. The number of carbonyl (C=O) groups excluding carboxylic acids is 1. The summed E-state index contributed by atoms with van der Waals surface area (Å²) in [4.78, 5) is 11.9. The molecule has 0 aromatic heterocycles. The van der Waals surface area contributed by atoms with Crippen LogP contribution in [-0.4, -0.2) is 19.7 Å². The third-order valence-electron chi connectivity index (χ3n) is 3.62. The maximum atomic E-state index is 11.9. The second kappa shape index (κ2) is 6.60. The van der Waals surface area contributed by atoms with Gasteiger partial charge in [-0.2, -0.15) is 0 Å². The minimum atomic E-state index is -0.139. The van der Waals surface area contributed by atoms with Gasteiger partial charge in [-0.1, -0.05) is 11.6 Å². The van der Waals surface area contributed by atoms with Crippen molar-refractivity contribution in [1.29, 1.82) is 0 Å². The Morgan fingerprint density at radius 2 is 2.05 bits per heavy atom. The van der Waals surface area contributed by atoms with E-state index in [1.54, 1.807) is 7.11 Å². The van der Waals surface area contributed by atoms with Gasteiger partial charge in [0, 0.05) is 5.57 Å². The highest BCUT2D eigenvalue weighted by atomic mass is 16.5. The quantitative estimate of drug-likeness (QED) is 0.770. The van der Waals surface area contributed by atoms with E-state index in [4.69, 9.17) is 9.47 Å². The molecular weight excluding hydrogens is 252 g/mol. The average molecular weight is 274 g/mol. The molecule has 0 fully saturated rings. The molecule has 0 saturated heterocycles. The lowest BCUT2D eigenvalue weighted by Gasteiger charge is -2.10. The molecule has 1 aliphatic carbocycles. The highest BCUT2D eigenvalue weighted by Gasteiger charge is 2.21. The molecule has 3 nitrogen and oxygen atoms in total. The van der Waals surface area contributed by atoms with Gasteiger partial charge >= 0.3 is 5.97 Å². The number of aryl methyl sites for hydroxylation is 1. The largest absolute Gasteiger partial charge is 0.497 e. The van der Waals surface area contributed by atoms with Crippen molar-refractivity contribution in [1.82, 2.24) is 0 Å². The Morgan fingerprint density at radius 1 is 1.25 bits per heavy atom. The molecule has 1 aromatic carbocycles. The van der Waals surface area contributed by atoms with E-state index in [2.05, 4.69) is 13.0 Å². The number of hydrogen-bond acceptors (Lipinski definition) is 3. The molecule has 20 heavy (non-hydrogen) atoms. The SMILES string of the molecule is CCOC(=O)C1=C(Cc2cc(C)cc(OC)c2)CCC1. The van der Waals surface area contributed by atoms with Crippen molar-refractivity contribution >= 4 is 5.97 Å². The number of hydrogen-bond donors (Lipinski definition) is 0. The second-order valence-corrected chi connectivity index (χ2v) is 5.19. The summed E-state index contributed by atoms with van der Waals surface area (Å²) in [5.41, 5.74) is 4.47. The van der Waals surface area contributed by atoms with E-state index in [9.17, 15) is 4.79 Å². The number of methoxy groups -OCH3 is 1. The Balaban J connectivity index is 2.21. The summed E-state index contributed by atoms with van der Waals surface area (Å²) < 4.78 is 10.4. The van der Waals surface area contributed by atoms with Gasteiger partial charge in [-0.3, -0.25) is 0 Å². The summed E-state index contributed by atoms with van der Waals surface area (Å²) in [6.45, 7) is 4.34. The average Bonchev–Trinajstić information content (AvgIpc) is 2.86. The van der Waals surface area contributed by atoms with Crippen LogP contribution in [0.4, 0.5) is 0 Å². The van der Waals surface area contributed by atoms with Gasteiger partial charge in [0.05, 0.1) is 13.7 Å². The Bertz CT molecular complexity index is 529. The van der Waals surface area contributed by atoms with E-state index in [1.165, 1.54) is 16.7 Å². The maximum Gasteiger partial charge on any atom is 0.333 e. The summed E-state index contributed by atoms with van der Waals surface area (Å²) in [6.07, 6.45) is 3.69. The normalized spacial score (nSPS) is 14.6. The molecule has 0 unspecified atom stereocenters. The number of allylic oxidation sites excluding steroid dienone is 1. The molecule has 0 amide bonds. The predicted octanol–water partition coefficient (Wildman–Crippen LogP) is 3.59. The Labute approximate surface area is 120 Å².